The van der Waals surface area contributed by atoms with Gasteiger partial charge in [-0.05, 0) is 12.1 Å². The van der Waals surface area contributed by atoms with Crippen LogP contribution in [0, 0.1) is 0 Å². The van der Waals surface area contributed by atoms with Crippen molar-refractivity contribution in [3.05, 3.63) is 40.0 Å². The van der Waals surface area contributed by atoms with Gasteiger partial charge in [0.1, 0.15) is 0 Å². The Kier molecular flexibility index (Phi) is 3.27. The first-order valence-electron chi connectivity index (χ1n) is 3.07. The smallest absolute Gasteiger partial charge is 0.163 e. The standard InChI is InChI=1S/C8H5Cl3O/c1-2-12-8-6(10)3-5(9)4-7(8)11/h2-4H,1H2. The summed E-state index contributed by atoms with van der Waals surface area (Å²) in [4.78, 5) is 0. The molecule has 0 spiro atoms. The number of benzene rings is 1. The molecule has 0 N–H and O–H groups in total. The van der Waals surface area contributed by atoms with Crippen molar-refractivity contribution in [3.8, 4) is 5.75 Å². The van der Waals surface area contributed by atoms with Crippen molar-refractivity contribution < 1.29 is 4.74 Å². The molecule has 0 saturated heterocycles. The van der Waals surface area contributed by atoms with Crippen LogP contribution in [0.1, 0.15) is 0 Å². The molecule has 0 radical (unpaired) electrons. The number of ether oxygens (including phenoxy) is 1. The maximum Gasteiger partial charge on any atom is 0.163 e. The first-order valence-corrected chi connectivity index (χ1v) is 4.20. The zero-order chi connectivity index (χ0) is 9.14. The van der Waals surface area contributed by atoms with Crippen LogP contribution < -0.4 is 4.74 Å². The second kappa shape index (κ2) is 4.04. The molecule has 0 aliphatic carbocycles. The SMILES string of the molecule is C=COc1c(Cl)cc(Cl)cc1Cl. The Morgan fingerprint density at radius 1 is 1.17 bits per heavy atom. The van der Waals surface area contributed by atoms with Crippen LogP contribution in [-0.2, 0) is 0 Å². The highest BCUT2D eigenvalue weighted by Gasteiger charge is 2.07. The summed E-state index contributed by atoms with van der Waals surface area (Å²) in [5.41, 5.74) is 0. The quantitative estimate of drug-likeness (QED) is 0.684. The first kappa shape index (κ1) is 9.72. The van der Waals surface area contributed by atoms with Gasteiger partial charge in [0.2, 0.25) is 0 Å². The van der Waals surface area contributed by atoms with Crippen molar-refractivity contribution in [2.24, 2.45) is 0 Å². The molecule has 0 atom stereocenters. The molecular formula is C8H5Cl3O. The van der Waals surface area contributed by atoms with Gasteiger partial charge in [0.25, 0.3) is 0 Å². The van der Waals surface area contributed by atoms with E-state index in [4.69, 9.17) is 39.5 Å². The van der Waals surface area contributed by atoms with Crippen LogP contribution in [0.2, 0.25) is 15.1 Å². The van der Waals surface area contributed by atoms with Crippen molar-refractivity contribution >= 4 is 34.8 Å². The molecule has 0 bridgehead atoms. The van der Waals surface area contributed by atoms with Crippen LogP contribution in [0.25, 0.3) is 0 Å². The van der Waals surface area contributed by atoms with E-state index >= 15 is 0 Å². The minimum Gasteiger partial charge on any atom is -0.462 e. The van der Waals surface area contributed by atoms with Gasteiger partial charge in [-0.25, -0.2) is 0 Å². The third-order valence-corrected chi connectivity index (χ3v) is 1.94. The molecule has 1 rings (SSSR count). The van der Waals surface area contributed by atoms with Crippen molar-refractivity contribution in [3.63, 3.8) is 0 Å². The molecule has 1 nitrogen and oxygen atoms in total. The van der Waals surface area contributed by atoms with Gasteiger partial charge in [-0.3, -0.25) is 0 Å². The summed E-state index contributed by atoms with van der Waals surface area (Å²) < 4.78 is 4.96. The van der Waals surface area contributed by atoms with Gasteiger partial charge in [0, 0.05) is 5.02 Å². The van der Waals surface area contributed by atoms with Gasteiger partial charge >= 0.3 is 0 Å². The molecule has 0 aliphatic heterocycles. The third kappa shape index (κ3) is 2.07. The van der Waals surface area contributed by atoms with Crippen molar-refractivity contribution in [2.45, 2.75) is 0 Å². The molecule has 0 aromatic heterocycles. The summed E-state index contributed by atoms with van der Waals surface area (Å²) >= 11 is 17.2. The molecule has 64 valence electrons. The molecule has 12 heavy (non-hydrogen) atoms. The second-order valence-electron chi connectivity index (χ2n) is 1.98. The Balaban J connectivity index is 3.18. The van der Waals surface area contributed by atoms with E-state index in [0.29, 0.717) is 20.8 Å². The second-order valence-corrected chi connectivity index (χ2v) is 3.23. The zero-order valence-electron chi connectivity index (χ0n) is 5.98. The maximum atomic E-state index is 5.77. The third-order valence-electron chi connectivity index (χ3n) is 1.16. The fraction of sp³-hybridized carbons (Fsp3) is 0. The topological polar surface area (TPSA) is 9.23 Å². The molecule has 1 aromatic rings. The van der Waals surface area contributed by atoms with Gasteiger partial charge in [-0.2, -0.15) is 0 Å². The Hall–Kier alpha value is -0.370. The fourth-order valence-corrected chi connectivity index (χ4v) is 1.63. The summed E-state index contributed by atoms with van der Waals surface area (Å²) in [5, 5.41) is 1.21. The van der Waals surface area contributed by atoms with Gasteiger partial charge in [-0.1, -0.05) is 41.4 Å². The minimum atomic E-state index is 0.368. The highest BCUT2D eigenvalue weighted by Crippen LogP contribution is 2.35. The number of hydrogen-bond acceptors (Lipinski definition) is 1. The lowest BCUT2D eigenvalue weighted by atomic mass is 10.3. The molecule has 4 heteroatoms. The molecule has 0 saturated carbocycles. The van der Waals surface area contributed by atoms with Crippen LogP contribution in [0.15, 0.2) is 25.0 Å². The zero-order valence-corrected chi connectivity index (χ0v) is 8.25. The van der Waals surface area contributed by atoms with Crippen LogP contribution >= 0.6 is 34.8 Å². The van der Waals surface area contributed by atoms with Crippen molar-refractivity contribution in [1.29, 1.82) is 0 Å². The lowest BCUT2D eigenvalue weighted by molar-refractivity contribution is 0.484. The van der Waals surface area contributed by atoms with E-state index in [1.54, 1.807) is 12.1 Å². The molecule has 0 fully saturated rings. The first-order chi connectivity index (χ1) is 5.65. The average Bonchev–Trinajstić information content (AvgIpc) is 1.96. The average molecular weight is 223 g/mol. The van der Waals surface area contributed by atoms with E-state index in [2.05, 4.69) is 6.58 Å². The van der Waals surface area contributed by atoms with Crippen LogP contribution in [0.3, 0.4) is 0 Å². The maximum absolute atomic E-state index is 5.77. The van der Waals surface area contributed by atoms with E-state index in [0.717, 1.165) is 0 Å². The monoisotopic (exact) mass is 222 g/mol. The Bertz CT molecular complexity index is 286. The number of hydrogen-bond donors (Lipinski definition) is 0. The molecule has 0 aliphatic rings. The van der Waals surface area contributed by atoms with Crippen LogP contribution in [0.4, 0.5) is 0 Å². The van der Waals surface area contributed by atoms with Crippen LogP contribution in [0.5, 0.6) is 5.75 Å². The molecule has 0 unspecified atom stereocenters. The highest BCUT2D eigenvalue weighted by atomic mass is 35.5. The van der Waals surface area contributed by atoms with E-state index in [1.165, 1.54) is 6.26 Å². The molecule has 0 heterocycles. The van der Waals surface area contributed by atoms with Gasteiger partial charge < -0.3 is 4.74 Å². The lowest BCUT2D eigenvalue weighted by Gasteiger charge is -2.04. The summed E-state index contributed by atoms with van der Waals surface area (Å²) in [6.45, 7) is 3.39. The molecule has 0 amide bonds. The van der Waals surface area contributed by atoms with Crippen molar-refractivity contribution in [2.75, 3.05) is 0 Å². The molecular weight excluding hydrogens is 218 g/mol. The number of halogens is 3. The number of rotatable bonds is 2. The van der Waals surface area contributed by atoms with Gasteiger partial charge in [0.05, 0.1) is 16.3 Å². The predicted molar refractivity (Wildman–Crippen MR) is 52.3 cm³/mol. The lowest BCUT2D eigenvalue weighted by Crippen LogP contribution is -1.83. The predicted octanol–water partition coefficient (Wildman–Crippen LogP) is 4.17. The summed E-state index contributed by atoms with van der Waals surface area (Å²) in [7, 11) is 0. The largest absolute Gasteiger partial charge is 0.462 e. The van der Waals surface area contributed by atoms with Crippen LogP contribution in [-0.4, -0.2) is 0 Å². The van der Waals surface area contributed by atoms with E-state index in [-0.39, 0.29) is 0 Å². The summed E-state index contributed by atoms with van der Waals surface area (Å²) in [5.74, 6) is 0.373. The summed E-state index contributed by atoms with van der Waals surface area (Å²) in [6.07, 6.45) is 1.25. The van der Waals surface area contributed by atoms with E-state index in [9.17, 15) is 0 Å². The normalized spacial score (nSPS) is 9.58. The van der Waals surface area contributed by atoms with Gasteiger partial charge in [0.15, 0.2) is 5.75 Å². The van der Waals surface area contributed by atoms with Gasteiger partial charge in [-0.15, -0.1) is 0 Å². The Morgan fingerprint density at radius 3 is 2.08 bits per heavy atom. The van der Waals surface area contributed by atoms with E-state index in [1.807, 2.05) is 0 Å². The van der Waals surface area contributed by atoms with E-state index < -0.39 is 0 Å². The fourth-order valence-electron chi connectivity index (χ4n) is 0.725. The van der Waals surface area contributed by atoms with Crippen molar-refractivity contribution in [1.82, 2.24) is 0 Å². The Labute approximate surface area is 85.5 Å². The minimum absolute atomic E-state index is 0.368. The highest BCUT2D eigenvalue weighted by molar-refractivity contribution is 6.40. The summed E-state index contributed by atoms with van der Waals surface area (Å²) in [6, 6.07) is 3.10. The molecule has 1 aromatic carbocycles. The Morgan fingerprint density at radius 2 is 1.67 bits per heavy atom.